The van der Waals surface area contributed by atoms with Crippen LogP contribution in [0.4, 0.5) is 9.93 Å². The third-order valence-electron chi connectivity index (χ3n) is 3.14. The van der Waals surface area contributed by atoms with Crippen LogP contribution in [0.5, 0.6) is 0 Å². The first-order valence-corrected chi connectivity index (χ1v) is 7.14. The zero-order valence-electron chi connectivity index (χ0n) is 10.7. The molecule has 3 rings (SSSR count). The molecule has 98 valence electrons. The monoisotopic (exact) mass is 273 g/mol. The van der Waals surface area contributed by atoms with Crippen molar-refractivity contribution in [3.8, 4) is 0 Å². The summed E-state index contributed by atoms with van der Waals surface area (Å²) in [5, 5.41) is 5.76. The van der Waals surface area contributed by atoms with Gasteiger partial charge in [0.05, 0.1) is 18.3 Å². The van der Waals surface area contributed by atoms with Crippen molar-refractivity contribution in [3.05, 3.63) is 47.0 Å². The lowest BCUT2D eigenvalue weighted by molar-refractivity contribution is 0.251. The van der Waals surface area contributed by atoms with Gasteiger partial charge in [-0.1, -0.05) is 30.3 Å². The molecule has 2 heterocycles. The molecule has 1 fully saturated rings. The van der Waals surface area contributed by atoms with Crippen LogP contribution in [0.2, 0.25) is 0 Å². The predicted octanol–water partition coefficient (Wildman–Crippen LogP) is 2.59. The minimum atomic E-state index is -0.0460. The highest BCUT2D eigenvalue weighted by molar-refractivity contribution is 7.14. The number of amides is 2. The zero-order chi connectivity index (χ0) is 13.2. The fraction of sp³-hybridized carbons (Fsp3) is 0.286. The highest BCUT2D eigenvalue weighted by atomic mass is 32.1. The molecule has 1 aromatic heterocycles. The molecule has 0 saturated carbocycles. The van der Waals surface area contributed by atoms with E-state index >= 15 is 0 Å². The fourth-order valence-electron chi connectivity index (χ4n) is 2.25. The largest absolute Gasteiger partial charge is 0.333 e. The number of carbonyl (C=O) groups excluding carboxylic acids is 1. The Hall–Kier alpha value is -1.88. The number of hydrogen-bond donors (Lipinski definition) is 1. The van der Waals surface area contributed by atoms with E-state index in [-0.39, 0.29) is 12.1 Å². The summed E-state index contributed by atoms with van der Waals surface area (Å²) in [7, 11) is 0. The van der Waals surface area contributed by atoms with Crippen LogP contribution in [0, 0.1) is 6.92 Å². The molecule has 0 bridgehead atoms. The first-order chi connectivity index (χ1) is 9.22. The molecule has 5 heteroatoms. The molecular formula is C14H15N3OS. The second-order valence-corrected chi connectivity index (χ2v) is 5.55. The number of nitrogens with zero attached hydrogens (tertiary/aromatic N) is 2. The van der Waals surface area contributed by atoms with Crippen molar-refractivity contribution in [1.82, 2.24) is 10.3 Å². The molecule has 2 aromatic rings. The molecule has 1 aromatic carbocycles. The first-order valence-electron chi connectivity index (χ1n) is 6.26. The number of rotatable bonds is 3. The minimum Gasteiger partial charge on any atom is -0.333 e. The summed E-state index contributed by atoms with van der Waals surface area (Å²) in [4.78, 5) is 18.1. The van der Waals surface area contributed by atoms with Crippen LogP contribution < -0.4 is 10.2 Å². The summed E-state index contributed by atoms with van der Waals surface area (Å²) >= 11 is 1.51. The van der Waals surface area contributed by atoms with Crippen LogP contribution in [0.15, 0.2) is 35.7 Å². The number of aromatic nitrogens is 1. The zero-order valence-corrected chi connectivity index (χ0v) is 11.5. The lowest BCUT2D eigenvalue weighted by atomic mass is 10.1. The molecule has 19 heavy (non-hydrogen) atoms. The Balaban J connectivity index is 1.70. The van der Waals surface area contributed by atoms with Gasteiger partial charge in [-0.25, -0.2) is 9.78 Å². The molecule has 1 aliphatic heterocycles. The standard InChI is InChI=1S/C14H15N3OS/c1-10-9-19-14(15-10)17-8-12(16-13(17)18)7-11-5-3-2-4-6-11/h2-6,9,12H,7-8H2,1H3,(H,16,18). The Kier molecular flexibility index (Phi) is 3.21. The average molecular weight is 273 g/mol. The Bertz CT molecular complexity index is 581. The van der Waals surface area contributed by atoms with E-state index in [1.165, 1.54) is 16.9 Å². The van der Waals surface area contributed by atoms with Gasteiger partial charge in [0.15, 0.2) is 5.13 Å². The number of thiazole rings is 1. The molecular weight excluding hydrogens is 258 g/mol. The number of aryl methyl sites for hydroxylation is 1. The number of benzene rings is 1. The molecule has 4 nitrogen and oxygen atoms in total. The quantitative estimate of drug-likeness (QED) is 0.934. The van der Waals surface area contributed by atoms with Crippen LogP contribution >= 0.6 is 11.3 Å². The predicted molar refractivity (Wildman–Crippen MR) is 76.7 cm³/mol. The van der Waals surface area contributed by atoms with E-state index < -0.39 is 0 Å². The lowest BCUT2D eigenvalue weighted by Crippen LogP contribution is -2.29. The van der Waals surface area contributed by atoms with Gasteiger partial charge in [-0.05, 0) is 18.9 Å². The molecule has 1 saturated heterocycles. The van der Waals surface area contributed by atoms with Crippen molar-refractivity contribution in [1.29, 1.82) is 0 Å². The minimum absolute atomic E-state index is 0.0460. The van der Waals surface area contributed by atoms with E-state index in [9.17, 15) is 4.79 Å². The number of anilines is 1. The topological polar surface area (TPSA) is 45.2 Å². The number of hydrogen-bond acceptors (Lipinski definition) is 3. The van der Waals surface area contributed by atoms with Crippen molar-refractivity contribution in [2.24, 2.45) is 0 Å². The first kappa shape index (κ1) is 12.2. The van der Waals surface area contributed by atoms with Crippen molar-refractivity contribution in [2.45, 2.75) is 19.4 Å². The van der Waals surface area contributed by atoms with Crippen molar-refractivity contribution >= 4 is 22.5 Å². The number of nitrogens with one attached hydrogen (secondary N) is 1. The van der Waals surface area contributed by atoms with Gasteiger partial charge in [-0.15, -0.1) is 11.3 Å². The van der Waals surface area contributed by atoms with Crippen molar-refractivity contribution in [2.75, 3.05) is 11.4 Å². The molecule has 1 atom stereocenters. The normalized spacial score (nSPS) is 18.7. The summed E-state index contributed by atoms with van der Waals surface area (Å²) in [5.74, 6) is 0. The highest BCUT2D eigenvalue weighted by Crippen LogP contribution is 2.23. The maximum Gasteiger partial charge on any atom is 0.324 e. The number of urea groups is 1. The third-order valence-corrected chi connectivity index (χ3v) is 4.12. The van der Waals surface area contributed by atoms with Crippen LogP contribution in [-0.2, 0) is 6.42 Å². The lowest BCUT2D eigenvalue weighted by Gasteiger charge is -2.10. The van der Waals surface area contributed by atoms with E-state index in [1.54, 1.807) is 4.90 Å². The summed E-state index contributed by atoms with van der Waals surface area (Å²) in [5.41, 5.74) is 2.20. The Morgan fingerprint density at radius 1 is 1.42 bits per heavy atom. The smallest absolute Gasteiger partial charge is 0.324 e. The van der Waals surface area contributed by atoms with Gasteiger partial charge in [-0.3, -0.25) is 4.90 Å². The van der Waals surface area contributed by atoms with E-state index in [2.05, 4.69) is 22.4 Å². The second-order valence-electron chi connectivity index (χ2n) is 4.72. The van der Waals surface area contributed by atoms with Gasteiger partial charge in [0.25, 0.3) is 0 Å². The van der Waals surface area contributed by atoms with Gasteiger partial charge in [-0.2, -0.15) is 0 Å². The number of carbonyl (C=O) groups is 1. The molecule has 1 unspecified atom stereocenters. The van der Waals surface area contributed by atoms with Gasteiger partial charge < -0.3 is 5.32 Å². The van der Waals surface area contributed by atoms with Crippen LogP contribution in [0.1, 0.15) is 11.3 Å². The molecule has 0 aliphatic carbocycles. The maximum atomic E-state index is 12.0. The van der Waals surface area contributed by atoms with E-state index in [4.69, 9.17) is 0 Å². The maximum absolute atomic E-state index is 12.0. The Labute approximate surface area is 116 Å². The highest BCUT2D eigenvalue weighted by Gasteiger charge is 2.31. The third kappa shape index (κ3) is 2.61. The molecule has 2 amide bonds. The molecule has 1 aliphatic rings. The van der Waals surface area contributed by atoms with Gasteiger partial charge >= 0.3 is 6.03 Å². The summed E-state index contributed by atoms with van der Waals surface area (Å²) < 4.78 is 0. The summed E-state index contributed by atoms with van der Waals surface area (Å²) in [6.07, 6.45) is 0.855. The van der Waals surface area contributed by atoms with Gasteiger partial charge in [0.1, 0.15) is 0 Å². The SMILES string of the molecule is Cc1csc(N2CC(Cc3ccccc3)NC2=O)n1. The van der Waals surface area contributed by atoms with Crippen molar-refractivity contribution < 1.29 is 4.79 Å². The average Bonchev–Trinajstić information content (AvgIpc) is 2.97. The van der Waals surface area contributed by atoms with Crippen LogP contribution in [0.25, 0.3) is 0 Å². The van der Waals surface area contributed by atoms with Gasteiger partial charge in [0, 0.05) is 5.38 Å². The van der Waals surface area contributed by atoms with Gasteiger partial charge in [0.2, 0.25) is 0 Å². The van der Waals surface area contributed by atoms with Crippen LogP contribution in [-0.4, -0.2) is 23.6 Å². The fourth-order valence-corrected chi connectivity index (χ4v) is 3.06. The summed E-state index contributed by atoms with van der Waals surface area (Å²) in [6, 6.07) is 10.3. The molecule has 0 radical (unpaired) electrons. The van der Waals surface area contributed by atoms with E-state index in [0.717, 1.165) is 17.2 Å². The second kappa shape index (κ2) is 5.01. The van der Waals surface area contributed by atoms with Crippen LogP contribution in [0.3, 0.4) is 0 Å². The van der Waals surface area contributed by atoms with Crippen molar-refractivity contribution in [3.63, 3.8) is 0 Å². The van der Waals surface area contributed by atoms with E-state index in [1.807, 2.05) is 30.5 Å². The van der Waals surface area contributed by atoms with E-state index in [0.29, 0.717) is 6.54 Å². The molecule has 1 N–H and O–H groups in total. The Morgan fingerprint density at radius 3 is 2.89 bits per heavy atom. The summed E-state index contributed by atoms with van der Waals surface area (Å²) in [6.45, 7) is 2.62. The molecule has 0 spiro atoms. The Morgan fingerprint density at radius 2 is 2.21 bits per heavy atom.